The lowest BCUT2D eigenvalue weighted by Crippen LogP contribution is -2.36. The molecule has 28 heavy (non-hydrogen) atoms. The van der Waals surface area contributed by atoms with Gasteiger partial charge in [0.15, 0.2) is 5.82 Å². The smallest absolute Gasteiger partial charge is 0.256 e. The van der Waals surface area contributed by atoms with Crippen LogP contribution < -0.4 is 5.32 Å². The van der Waals surface area contributed by atoms with Crippen LogP contribution in [0.3, 0.4) is 0 Å². The fourth-order valence-corrected chi connectivity index (χ4v) is 3.99. The van der Waals surface area contributed by atoms with Gasteiger partial charge in [-0.25, -0.2) is 9.97 Å². The first-order chi connectivity index (χ1) is 13.6. The van der Waals surface area contributed by atoms with Gasteiger partial charge in [-0.3, -0.25) is 14.6 Å². The fourth-order valence-electron chi connectivity index (χ4n) is 3.99. The van der Waals surface area contributed by atoms with E-state index in [2.05, 4.69) is 10.3 Å². The number of likely N-dealkylation sites (tertiary alicyclic amines) is 1. The molecule has 4 rings (SSSR count). The summed E-state index contributed by atoms with van der Waals surface area (Å²) in [6.45, 7) is 3.45. The number of nitrogens with zero attached hydrogens (tertiary/aromatic N) is 5. The predicted octanol–water partition coefficient (Wildman–Crippen LogP) is 1.80. The molecule has 8 nitrogen and oxygen atoms in total. The van der Waals surface area contributed by atoms with Gasteiger partial charge in [0.05, 0.1) is 23.8 Å². The Labute approximate surface area is 164 Å². The van der Waals surface area contributed by atoms with Crippen LogP contribution in [-0.4, -0.2) is 56.7 Å². The molecule has 2 aliphatic rings. The van der Waals surface area contributed by atoms with E-state index >= 15 is 0 Å². The molecule has 0 aliphatic carbocycles. The van der Waals surface area contributed by atoms with E-state index in [-0.39, 0.29) is 17.9 Å². The minimum atomic E-state index is -0.143. The third-order valence-corrected chi connectivity index (χ3v) is 5.48. The van der Waals surface area contributed by atoms with Crippen molar-refractivity contribution in [2.45, 2.75) is 38.8 Å². The van der Waals surface area contributed by atoms with Crippen LogP contribution in [0.4, 0.5) is 5.82 Å². The highest BCUT2D eigenvalue weighted by Gasteiger charge is 2.34. The van der Waals surface area contributed by atoms with Crippen LogP contribution in [0.5, 0.6) is 0 Å². The number of carbonyl (C=O) groups is 2. The third kappa shape index (κ3) is 3.30. The largest absolute Gasteiger partial charge is 0.373 e. The average molecular weight is 380 g/mol. The van der Waals surface area contributed by atoms with Gasteiger partial charge in [0.2, 0.25) is 5.91 Å². The molecule has 146 valence electrons. The summed E-state index contributed by atoms with van der Waals surface area (Å²) in [4.78, 5) is 42.0. The molecular formula is C20H24N6O2. The molecule has 0 aromatic carbocycles. The minimum absolute atomic E-state index is 0.0364. The fraction of sp³-hybridized carbons (Fsp3) is 0.450. The van der Waals surface area contributed by atoms with Gasteiger partial charge in [-0.1, -0.05) is 0 Å². The summed E-state index contributed by atoms with van der Waals surface area (Å²) in [6.07, 6.45) is 5.72. The number of pyridine rings is 1. The number of fused-ring (bicyclic) bond motifs is 1. The lowest BCUT2D eigenvalue weighted by Gasteiger charge is -2.30. The van der Waals surface area contributed by atoms with E-state index < -0.39 is 0 Å². The normalized spacial score (nSPS) is 18.7. The molecule has 0 bridgehead atoms. The van der Waals surface area contributed by atoms with Crippen LogP contribution in [0.15, 0.2) is 24.5 Å². The quantitative estimate of drug-likeness (QED) is 0.873. The molecule has 0 unspecified atom stereocenters. The molecule has 0 spiro atoms. The predicted molar refractivity (Wildman–Crippen MR) is 104 cm³/mol. The number of anilines is 1. The van der Waals surface area contributed by atoms with E-state index in [4.69, 9.17) is 9.97 Å². The number of aromatic nitrogens is 3. The van der Waals surface area contributed by atoms with Crippen molar-refractivity contribution in [1.29, 1.82) is 0 Å². The van der Waals surface area contributed by atoms with E-state index in [0.717, 1.165) is 29.9 Å². The third-order valence-electron chi connectivity index (χ3n) is 5.48. The van der Waals surface area contributed by atoms with Crippen LogP contribution in [-0.2, 0) is 17.8 Å². The highest BCUT2D eigenvalue weighted by molar-refractivity contribution is 5.94. The zero-order valence-electron chi connectivity index (χ0n) is 16.2. The Morgan fingerprint density at radius 2 is 2.11 bits per heavy atom. The lowest BCUT2D eigenvalue weighted by molar-refractivity contribution is -0.129. The lowest BCUT2D eigenvalue weighted by atomic mass is 10.0. The monoisotopic (exact) mass is 380 g/mol. The van der Waals surface area contributed by atoms with Gasteiger partial charge in [-0.05, 0) is 25.0 Å². The second-order valence-electron chi connectivity index (χ2n) is 7.19. The molecule has 8 heteroatoms. The van der Waals surface area contributed by atoms with E-state index in [9.17, 15) is 9.59 Å². The molecule has 2 amide bonds. The Morgan fingerprint density at radius 3 is 2.82 bits per heavy atom. The Hall–Kier alpha value is -3.03. The molecule has 0 radical (unpaired) electrons. The van der Waals surface area contributed by atoms with Crippen molar-refractivity contribution in [2.24, 2.45) is 0 Å². The van der Waals surface area contributed by atoms with Crippen LogP contribution in [0.25, 0.3) is 0 Å². The SMILES string of the molecule is CNc1nc([C@H]2CCCN2C(=O)c2cccnc2)nc2c1CN(C(C)=O)CC2. The van der Waals surface area contributed by atoms with E-state index in [1.54, 1.807) is 36.4 Å². The van der Waals surface area contributed by atoms with Crippen molar-refractivity contribution < 1.29 is 9.59 Å². The summed E-state index contributed by atoms with van der Waals surface area (Å²) < 4.78 is 0. The van der Waals surface area contributed by atoms with Gasteiger partial charge in [0.1, 0.15) is 5.82 Å². The number of carbonyl (C=O) groups excluding carboxylic acids is 2. The Balaban J connectivity index is 1.65. The van der Waals surface area contributed by atoms with Crippen LogP contribution >= 0.6 is 0 Å². The van der Waals surface area contributed by atoms with E-state index in [0.29, 0.717) is 37.4 Å². The van der Waals surface area contributed by atoms with Gasteiger partial charge in [0, 0.05) is 51.4 Å². The molecule has 1 N–H and O–H groups in total. The van der Waals surface area contributed by atoms with Crippen molar-refractivity contribution in [1.82, 2.24) is 24.8 Å². The minimum Gasteiger partial charge on any atom is -0.373 e. The van der Waals surface area contributed by atoms with E-state index in [1.807, 2.05) is 11.9 Å². The summed E-state index contributed by atoms with van der Waals surface area (Å²) in [5.74, 6) is 1.44. The van der Waals surface area contributed by atoms with Gasteiger partial charge in [0.25, 0.3) is 5.91 Å². The molecular weight excluding hydrogens is 356 g/mol. The molecule has 4 heterocycles. The summed E-state index contributed by atoms with van der Waals surface area (Å²) in [5, 5.41) is 3.15. The van der Waals surface area contributed by atoms with Crippen molar-refractivity contribution in [3.05, 3.63) is 47.2 Å². The Bertz CT molecular complexity index is 884. The first-order valence-corrected chi connectivity index (χ1v) is 9.62. The van der Waals surface area contributed by atoms with Crippen molar-refractivity contribution >= 4 is 17.6 Å². The Morgan fingerprint density at radius 1 is 1.25 bits per heavy atom. The molecule has 2 aromatic rings. The van der Waals surface area contributed by atoms with Crippen molar-refractivity contribution in [2.75, 3.05) is 25.5 Å². The number of amides is 2. The van der Waals surface area contributed by atoms with Gasteiger partial charge in [-0.2, -0.15) is 0 Å². The first kappa shape index (κ1) is 18.3. The first-order valence-electron chi connectivity index (χ1n) is 9.62. The summed E-state index contributed by atoms with van der Waals surface area (Å²) in [7, 11) is 1.83. The number of hydrogen-bond donors (Lipinski definition) is 1. The molecule has 1 saturated heterocycles. The summed E-state index contributed by atoms with van der Waals surface area (Å²) in [5.41, 5.74) is 2.52. The second-order valence-corrected chi connectivity index (χ2v) is 7.19. The van der Waals surface area contributed by atoms with Crippen LogP contribution in [0.2, 0.25) is 0 Å². The second kappa shape index (κ2) is 7.53. The van der Waals surface area contributed by atoms with Gasteiger partial charge < -0.3 is 15.1 Å². The zero-order valence-corrected chi connectivity index (χ0v) is 16.2. The number of hydrogen-bond acceptors (Lipinski definition) is 6. The maximum atomic E-state index is 13.0. The molecule has 2 aliphatic heterocycles. The highest BCUT2D eigenvalue weighted by Crippen LogP contribution is 2.34. The van der Waals surface area contributed by atoms with Crippen LogP contribution in [0, 0.1) is 0 Å². The summed E-state index contributed by atoms with van der Waals surface area (Å²) >= 11 is 0. The number of rotatable bonds is 3. The van der Waals surface area contributed by atoms with Crippen molar-refractivity contribution in [3.63, 3.8) is 0 Å². The van der Waals surface area contributed by atoms with E-state index in [1.165, 1.54) is 0 Å². The van der Waals surface area contributed by atoms with Gasteiger partial charge >= 0.3 is 0 Å². The summed E-state index contributed by atoms with van der Waals surface area (Å²) in [6, 6.07) is 3.41. The highest BCUT2D eigenvalue weighted by atomic mass is 16.2. The zero-order chi connectivity index (χ0) is 19.7. The maximum Gasteiger partial charge on any atom is 0.256 e. The standard InChI is InChI=1S/C20H24N6O2/c1-13(27)25-10-7-16-15(12-25)18(21-2)24-19(23-16)17-6-4-9-26(17)20(28)14-5-3-8-22-11-14/h3,5,8,11,17H,4,6-7,9-10,12H2,1-2H3,(H,21,23,24)/t17-/m1/s1. The average Bonchev–Trinajstić information content (AvgIpc) is 3.22. The molecule has 2 aromatic heterocycles. The Kier molecular flexibility index (Phi) is 4.93. The van der Waals surface area contributed by atoms with Gasteiger partial charge in [-0.15, -0.1) is 0 Å². The van der Waals surface area contributed by atoms with Crippen LogP contribution in [0.1, 0.15) is 53.2 Å². The number of nitrogens with one attached hydrogen (secondary N) is 1. The topological polar surface area (TPSA) is 91.3 Å². The molecule has 0 saturated carbocycles. The van der Waals surface area contributed by atoms with Crippen molar-refractivity contribution in [3.8, 4) is 0 Å². The molecule has 1 fully saturated rings. The maximum absolute atomic E-state index is 13.0. The molecule has 1 atom stereocenters.